The van der Waals surface area contributed by atoms with Gasteiger partial charge in [-0.25, -0.2) is 9.97 Å². The van der Waals surface area contributed by atoms with E-state index in [9.17, 15) is 9.59 Å². The zero-order valence-corrected chi connectivity index (χ0v) is 16.1. The van der Waals surface area contributed by atoms with Crippen molar-refractivity contribution in [1.82, 2.24) is 14.5 Å². The molecule has 0 amide bonds. The van der Waals surface area contributed by atoms with Crippen molar-refractivity contribution in [3.63, 3.8) is 0 Å². The summed E-state index contributed by atoms with van der Waals surface area (Å²) in [6, 6.07) is -0.203. The molecule has 2 heterocycles. The maximum atomic E-state index is 12.9. The second kappa shape index (κ2) is 6.84. The number of rotatable bonds is 3. The highest BCUT2D eigenvalue weighted by Crippen LogP contribution is 2.35. The molecule has 1 aliphatic rings. The van der Waals surface area contributed by atoms with E-state index < -0.39 is 0 Å². The predicted molar refractivity (Wildman–Crippen MR) is 96.5 cm³/mol. The number of esters is 1. The van der Waals surface area contributed by atoms with E-state index in [-0.39, 0.29) is 23.7 Å². The van der Waals surface area contributed by atoms with E-state index in [1.165, 1.54) is 18.7 Å². The Bertz CT molecular complexity index is 868. The van der Waals surface area contributed by atoms with Gasteiger partial charge in [-0.3, -0.25) is 14.2 Å². The van der Waals surface area contributed by atoms with Gasteiger partial charge in [0.25, 0.3) is 5.56 Å². The number of hydrogen-bond acceptors (Lipinski definition) is 6. The van der Waals surface area contributed by atoms with Crippen LogP contribution in [0.15, 0.2) is 20.6 Å². The molecule has 6 nitrogen and oxygen atoms in total. The van der Waals surface area contributed by atoms with Gasteiger partial charge in [-0.05, 0) is 53.9 Å². The zero-order valence-electron chi connectivity index (χ0n) is 13.7. The average Bonchev–Trinajstić information content (AvgIpc) is 2.99. The minimum Gasteiger partial charge on any atom is -0.460 e. The van der Waals surface area contributed by atoms with E-state index in [0.717, 1.165) is 30.2 Å². The Balaban J connectivity index is 2.26. The van der Waals surface area contributed by atoms with Gasteiger partial charge in [0.05, 0.1) is 10.5 Å². The summed E-state index contributed by atoms with van der Waals surface area (Å²) in [5, 5.41) is 1.44. The molecule has 24 heavy (non-hydrogen) atoms. The minimum atomic E-state index is -0.324. The van der Waals surface area contributed by atoms with Crippen LogP contribution in [0, 0.1) is 6.92 Å². The highest BCUT2D eigenvalue weighted by molar-refractivity contribution is 9.10. The molecule has 0 bridgehead atoms. The lowest BCUT2D eigenvalue weighted by Gasteiger charge is -2.24. The monoisotopic (exact) mass is 411 g/mol. The summed E-state index contributed by atoms with van der Waals surface area (Å²) >= 11 is 4.83. The molecule has 1 fully saturated rings. The molecular formula is C16H18BrN3O3S. The molecular weight excluding hydrogens is 394 g/mol. The van der Waals surface area contributed by atoms with Crippen molar-refractivity contribution < 1.29 is 9.53 Å². The molecule has 0 aliphatic heterocycles. The number of ether oxygens (including phenoxy) is 1. The van der Waals surface area contributed by atoms with Gasteiger partial charge in [0.2, 0.25) is 0 Å². The van der Waals surface area contributed by atoms with Gasteiger partial charge in [0.15, 0.2) is 5.16 Å². The van der Waals surface area contributed by atoms with Gasteiger partial charge >= 0.3 is 5.97 Å². The van der Waals surface area contributed by atoms with Crippen molar-refractivity contribution >= 4 is 44.7 Å². The topological polar surface area (TPSA) is 74.1 Å². The number of thioether (sulfide) groups is 1. The number of carbonyl (C=O) groups is 1. The van der Waals surface area contributed by atoms with Gasteiger partial charge in [-0.2, -0.15) is 0 Å². The molecule has 0 N–H and O–H groups in total. The first kappa shape index (κ1) is 17.4. The number of hydrogen-bond donors (Lipinski definition) is 0. The molecule has 0 radical (unpaired) electrons. The number of halogens is 1. The average molecular weight is 412 g/mol. The van der Waals surface area contributed by atoms with Crippen LogP contribution in [0.5, 0.6) is 0 Å². The second-order valence-electron chi connectivity index (χ2n) is 5.85. The van der Waals surface area contributed by atoms with E-state index in [1.54, 1.807) is 10.8 Å². The first-order chi connectivity index (χ1) is 11.4. The first-order valence-electron chi connectivity index (χ1n) is 7.72. The van der Waals surface area contributed by atoms with Crippen LogP contribution in [0.1, 0.15) is 37.8 Å². The Hall–Kier alpha value is -1.41. The van der Waals surface area contributed by atoms with Crippen molar-refractivity contribution in [3.8, 4) is 0 Å². The molecule has 1 aliphatic carbocycles. The maximum Gasteiger partial charge on any atom is 0.302 e. The third-order valence-corrected chi connectivity index (χ3v) is 5.86. The number of aryl methyl sites for hydroxylation is 1. The fourth-order valence-corrected chi connectivity index (χ4v) is 3.98. The van der Waals surface area contributed by atoms with Gasteiger partial charge in [0, 0.05) is 18.5 Å². The van der Waals surface area contributed by atoms with Crippen molar-refractivity contribution in [1.29, 1.82) is 0 Å². The molecule has 128 valence electrons. The third kappa shape index (κ3) is 2.97. The Morgan fingerprint density at radius 3 is 2.88 bits per heavy atom. The van der Waals surface area contributed by atoms with Crippen molar-refractivity contribution in [2.45, 2.75) is 50.4 Å². The van der Waals surface area contributed by atoms with Gasteiger partial charge in [-0.15, -0.1) is 0 Å². The van der Waals surface area contributed by atoms with Crippen molar-refractivity contribution in [3.05, 3.63) is 26.6 Å². The zero-order chi connectivity index (χ0) is 17.4. The lowest BCUT2D eigenvalue weighted by atomic mass is 10.1. The molecule has 3 rings (SSSR count). The largest absolute Gasteiger partial charge is 0.460 e. The van der Waals surface area contributed by atoms with Gasteiger partial charge < -0.3 is 4.74 Å². The Morgan fingerprint density at radius 2 is 2.21 bits per heavy atom. The molecule has 1 unspecified atom stereocenters. The van der Waals surface area contributed by atoms with Crippen LogP contribution in [0.4, 0.5) is 0 Å². The molecule has 0 saturated heterocycles. The van der Waals surface area contributed by atoms with E-state index in [4.69, 9.17) is 4.74 Å². The summed E-state index contributed by atoms with van der Waals surface area (Å²) in [5.41, 5.74) is 1.28. The molecule has 2 atom stereocenters. The van der Waals surface area contributed by atoms with Crippen LogP contribution in [0.3, 0.4) is 0 Å². The second-order valence-corrected chi connectivity index (χ2v) is 7.42. The molecule has 0 aromatic carbocycles. The minimum absolute atomic E-state index is 0.144. The van der Waals surface area contributed by atoms with E-state index in [2.05, 4.69) is 25.9 Å². The fourth-order valence-electron chi connectivity index (χ4n) is 3.24. The summed E-state index contributed by atoms with van der Waals surface area (Å²) in [4.78, 5) is 33.2. The summed E-state index contributed by atoms with van der Waals surface area (Å²) in [6.45, 7) is 3.27. The number of aromatic nitrogens is 3. The number of pyridine rings is 1. The van der Waals surface area contributed by atoms with Gasteiger partial charge in [-0.1, -0.05) is 11.8 Å². The number of carbonyl (C=O) groups excluding carboxylic acids is 1. The predicted octanol–water partition coefficient (Wildman–Crippen LogP) is 3.24. The lowest BCUT2D eigenvalue weighted by Crippen LogP contribution is -2.33. The van der Waals surface area contributed by atoms with Crippen LogP contribution in [0.25, 0.3) is 11.0 Å². The highest BCUT2D eigenvalue weighted by Gasteiger charge is 2.34. The fraction of sp³-hybridized carbons (Fsp3) is 0.500. The summed E-state index contributed by atoms with van der Waals surface area (Å²) in [7, 11) is 0. The Morgan fingerprint density at radius 1 is 1.46 bits per heavy atom. The number of fused-ring (bicyclic) bond motifs is 1. The normalized spacial score (nSPS) is 20.5. The van der Waals surface area contributed by atoms with Crippen LogP contribution >= 0.6 is 27.7 Å². The summed E-state index contributed by atoms with van der Waals surface area (Å²) in [5.74, 6) is -0.324. The molecule has 1 saturated carbocycles. The smallest absolute Gasteiger partial charge is 0.302 e. The molecule has 2 aromatic rings. The Kier molecular flexibility index (Phi) is 4.96. The lowest BCUT2D eigenvalue weighted by molar-refractivity contribution is -0.147. The number of nitrogens with zero attached hydrogens (tertiary/aromatic N) is 3. The highest BCUT2D eigenvalue weighted by atomic mass is 79.9. The van der Waals surface area contributed by atoms with Crippen LogP contribution in [0.2, 0.25) is 0 Å². The van der Waals surface area contributed by atoms with Gasteiger partial charge in [0.1, 0.15) is 11.8 Å². The summed E-state index contributed by atoms with van der Waals surface area (Å²) < 4.78 is 7.62. The quantitative estimate of drug-likeness (QED) is 0.438. The van der Waals surface area contributed by atoms with Crippen molar-refractivity contribution in [2.75, 3.05) is 6.26 Å². The molecule has 2 aromatic heterocycles. The van der Waals surface area contributed by atoms with E-state index in [1.807, 2.05) is 13.2 Å². The van der Waals surface area contributed by atoms with E-state index in [0.29, 0.717) is 15.3 Å². The third-order valence-electron chi connectivity index (χ3n) is 4.36. The Labute approximate surface area is 152 Å². The van der Waals surface area contributed by atoms with Crippen LogP contribution in [-0.2, 0) is 9.53 Å². The maximum absolute atomic E-state index is 12.9. The standard InChI is InChI=1S/C16H18BrN3O3S/c1-8-10-7-18-16(24-3)19-14(10)20(15(22)13(8)17)11-5-4-6-12(11)23-9(2)21/h7,11-12H,4-6H2,1-3H3/t11?,12-/m0/s1. The first-order valence-corrected chi connectivity index (χ1v) is 9.74. The molecule has 8 heteroatoms. The van der Waals surface area contributed by atoms with Crippen LogP contribution < -0.4 is 5.56 Å². The van der Waals surface area contributed by atoms with E-state index >= 15 is 0 Å². The summed E-state index contributed by atoms with van der Waals surface area (Å²) in [6.07, 6.45) is 5.78. The molecule has 0 spiro atoms. The SMILES string of the molecule is CSc1ncc2c(C)c(Br)c(=O)n(C3CCC[C@@H]3OC(C)=O)c2n1. The van der Waals surface area contributed by atoms with Crippen molar-refractivity contribution in [2.24, 2.45) is 0 Å². The van der Waals surface area contributed by atoms with Crippen LogP contribution in [-0.4, -0.2) is 32.9 Å².